The first-order valence-corrected chi connectivity index (χ1v) is 7.78. The van der Waals surface area contributed by atoms with Crippen molar-refractivity contribution in [2.24, 2.45) is 5.92 Å². The van der Waals surface area contributed by atoms with Crippen molar-refractivity contribution in [3.8, 4) is 0 Å². The van der Waals surface area contributed by atoms with Gasteiger partial charge in [-0.25, -0.2) is 0 Å². The molecule has 0 saturated heterocycles. The third-order valence-electron chi connectivity index (χ3n) is 4.83. The van der Waals surface area contributed by atoms with Crippen molar-refractivity contribution in [3.63, 3.8) is 0 Å². The lowest BCUT2D eigenvalue weighted by molar-refractivity contribution is -0.143. The van der Waals surface area contributed by atoms with E-state index in [1.807, 2.05) is 24.3 Å². The Hall–Kier alpha value is -1.84. The predicted molar refractivity (Wildman–Crippen MR) is 79.0 cm³/mol. The summed E-state index contributed by atoms with van der Waals surface area (Å²) < 4.78 is 0. The quantitative estimate of drug-likeness (QED) is 0.839. The molecule has 112 valence electrons. The van der Waals surface area contributed by atoms with Gasteiger partial charge < -0.3 is 10.4 Å². The van der Waals surface area contributed by atoms with E-state index in [4.69, 9.17) is 0 Å². The maximum Gasteiger partial charge on any atom is 0.308 e. The molecule has 0 aromatic heterocycles. The van der Waals surface area contributed by atoms with Gasteiger partial charge >= 0.3 is 5.97 Å². The molecule has 1 amide bonds. The fraction of sp³-hybridized carbons (Fsp3) is 0.529. The lowest BCUT2D eigenvalue weighted by atomic mass is 9.77. The Labute approximate surface area is 124 Å². The Morgan fingerprint density at radius 2 is 1.86 bits per heavy atom. The van der Waals surface area contributed by atoms with E-state index >= 15 is 0 Å². The maximum absolute atomic E-state index is 12.4. The number of nitrogens with one attached hydrogen (secondary N) is 1. The molecular weight excluding hydrogens is 266 g/mol. The summed E-state index contributed by atoms with van der Waals surface area (Å²) in [6.07, 6.45) is 5.21. The Kier molecular flexibility index (Phi) is 3.95. The second kappa shape index (κ2) is 5.88. The first-order chi connectivity index (χ1) is 10.2. The fourth-order valence-electron chi connectivity index (χ4n) is 3.55. The van der Waals surface area contributed by atoms with Gasteiger partial charge in [0.2, 0.25) is 5.91 Å². The minimum Gasteiger partial charge on any atom is -0.481 e. The molecule has 0 heterocycles. The van der Waals surface area contributed by atoms with Gasteiger partial charge in [0.05, 0.1) is 11.8 Å². The third kappa shape index (κ3) is 2.80. The highest BCUT2D eigenvalue weighted by Gasteiger charge is 2.36. The van der Waals surface area contributed by atoms with Crippen LogP contribution in [0.1, 0.15) is 49.1 Å². The normalized spacial score (nSPS) is 27.9. The zero-order chi connectivity index (χ0) is 14.8. The average molecular weight is 287 g/mol. The summed E-state index contributed by atoms with van der Waals surface area (Å²) >= 11 is 0. The Balaban J connectivity index is 1.68. The van der Waals surface area contributed by atoms with Crippen LogP contribution in [0.2, 0.25) is 0 Å². The second-order valence-electron chi connectivity index (χ2n) is 6.15. The van der Waals surface area contributed by atoms with Crippen LogP contribution in [0.25, 0.3) is 0 Å². The number of benzene rings is 1. The van der Waals surface area contributed by atoms with E-state index in [1.54, 1.807) is 0 Å². The molecule has 3 rings (SSSR count). The van der Waals surface area contributed by atoms with E-state index < -0.39 is 11.9 Å². The van der Waals surface area contributed by atoms with E-state index in [-0.39, 0.29) is 17.9 Å². The highest BCUT2D eigenvalue weighted by molar-refractivity contribution is 5.87. The molecule has 1 aromatic rings. The summed E-state index contributed by atoms with van der Waals surface area (Å²) in [7, 11) is 0. The Morgan fingerprint density at radius 3 is 2.62 bits per heavy atom. The van der Waals surface area contributed by atoms with E-state index in [2.05, 4.69) is 5.32 Å². The van der Waals surface area contributed by atoms with Gasteiger partial charge in [0, 0.05) is 6.04 Å². The lowest BCUT2D eigenvalue weighted by Crippen LogP contribution is -2.46. The lowest BCUT2D eigenvalue weighted by Gasteiger charge is -2.31. The van der Waals surface area contributed by atoms with Gasteiger partial charge in [-0.3, -0.25) is 9.59 Å². The van der Waals surface area contributed by atoms with Gasteiger partial charge in [0.25, 0.3) is 0 Å². The van der Waals surface area contributed by atoms with Crippen LogP contribution in [0.5, 0.6) is 0 Å². The van der Waals surface area contributed by atoms with Gasteiger partial charge in [0.15, 0.2) is 0 Å². The molecule has 21 heavy (non-hydrogen) atoms. The van der Waals surface area contributed by atoms with E-state index in [9.17, 15) is 14.7 Å². The molecule has 3 atom stereocenters. The molecule has 2 N–H and O–H groups in total. The van der Waals surface area contributed by atoms with Crippen molar-refractivity contribution in [2.45, 2.75) is 50.5 Å². The summed E-state index contributed by atoms with van der Waals surface area (Å²) in [6, 6.07) is 7.75. The molecule has 1 aromatic carbocycles. The standard InChI is InChI=1S/C17H21NO3/c19-16(14-10-11-6-4-5-7-12(11)14)18-15-9-3-1-2-8-13(15)17(20)21/h4-7,13-15H,1-3,8-10H2,(H,18,19)(H,20,21)/t13-,14?,15+/m1/s1. The number of carbonyl (C=O) groups excluding carboxylic acids is 1. The number of carboxylic acids is 1. The number of aliphatic carboxylic acids is 1. The summed E-state index contributed by atoms with van der Waals surface area (Å²) in [4.78, 5) is 23.8. The number of rotatable bonds is 3. The third-order valence-corrected chi connectivity index (χ3v) is 4.83. The van der Waals surface area contributed by atoms with Crippen molar-refractivity contribution >= 4 is 11.9 Å². The molecule has 0 bridgehead atoms. The molecule has 0 aliphatic heterocycles. The average Bonchev–Trinajstić information content (AvgIpc) is 2.65. The largest absolute Gasteiger partial charge is 0.481 e. The summed E-state index contributed by atoms with van der Waals surface area (Å²) in [5.41, 5.74) is 2.32. The highest BCUT2D eigenvalue weighted by Crippen LogP contribution is 2.35. The molecule has 2 aliphatic rings. The molecule has 1 fully saturated rings. The first-order valence-electron chi connectivity index (χ1n) is 7.78. The van der Waals surface area contributed by atoms with Crippen molar-refractivity contribution in [1.82, 2.24) is 5.32 Å². The van der Waals surface area contributed by atoms with Gasteiger partial charge in [-0.1, -0.05) is 43.5 Å². The molecule has 4 nitrogen and oxygen atoms in total. The van der Waals surface area contributed by atoms with Crippen LogP contribution >= 0.6 is 0 Å². The van der Waals surface area contributed by atoms with Crippen LogP contribution in [-0.2, 0) is 16.0 Å². The van der Waals surface area contributed by atoms with Crippen LogP contribution < -0.4 is 5.32 Å². The van der Waals surface area contributed by atoms with Gasteiger partial charge in [-0.15, -0.1) is 0 Å². The van der Waals surface area contributed by atoms with Gasteiger partial charge in [-0.2, -0.15) is 0 Å². The number of carbonyl (C=O) groups is 2. The van der Waals surface area contributed by atoms with Crippen LogP contribution in [0, 0.1) is 5.92 Å². The first kappa shape index (κ1) is 14.1. The number of fused-ring (bicyclic) bond motifs is 1. The van der Waals surface area contributed by atoms with Gasteiger partial charge in [0.1, 0.15) is 0 Å². The summed E-state index contributed by atoms with van der Waals surface area (Å²) in [5.74, 6) is -1.33. The molecule has 4 heteroatoms. The fourth-order valence-corrected chi connectivity index (χ4v) is 3.55. The van der Waals surface area contributed by atoms with Crippen LogP contribution in [0.3, 0.4) is 0 Å². The Morgan fingerprint density at radius 1 is 1.10 bits per heavy atom. The zero-order valence-corrected chi connectivity index (χ0v) is 12.0. The molecule has 1 saturated carbocycles. The Bertz CT molecular complexity index is 555. The van der Waals surface area contributed by atoms with E-state index in [1.165, 1.54) is 5.56 Å². The summed E-state index contributed by atoms with van der Waals surface area (Å²) in [6.45, 7) is 0. The SMILES string of the molecule is O=C(N[C@H]1CCCCC[C@H]1C(=O)O)C1Cc2ccccc21. The molecule has 1 unspecified atom stereocenters. The van der Waals surface area contributed by atoms with Crippen LogP contribution in [0.4, 0.5) is 0 Å². The number of hydrogen-bond donors (Lipinski definition) is 2. The summed E-state index contributed by atoms with van der Waals surface area (Å²) in [5, 5.41) is 12.4. The minimum absolute atomic E-state index is 0.00755. The van der Waals surface area contributed by atoms with Crippen LogP contribution in [0.15, 0.2) is 24.3 Å². The monoisotopic (exact) mass is 287 g/mol. The van der Waals surface area contributed by atoms with Crippen molar-refractivity contribution in [1.29, 1.82) is 0 Å². The topological polar surface area (TPSA) is 66.4 Å². The van der Waals surface area contributed by atoms with Gasteiger partial charge in [-0.05, 0) is 30.4 Å². The second-order valence-corrected chi connectivity index (χ2v) is 6.15. The predicted octanol–water partition coefficient (Wildman–Crippen LogP) is 2.48. The molecule has 2 aliphatic carbocycles. The molecule has 0 radical (unpaired) electrons. The zero-order valence-electron chi connectivity index (χ0n) is 12.0. The maximum atomic E-state index is 12.4. The van der Waals surface area contributed by atoms with E-state index in [0.29, 0.717) is 6.42 Å². The smallest absolute Gasteiger partial charge is 0.308 e. The minimum atomic E-state index is -0.781. The van der Waals surface area contributed by atoms with Crippen LogP contribution in [-0.4, -0.2) is 23.0 Å². The number of carboxylic acid groups (broad SMARTS) is 1. The number of amides is 1. The van der Waals surface area contributed by atoms with Crippen molar-refractivity contribution in [3.05, 3.63) is 35.4 Å². The number of hydrogen-bond acceptors (Lipinski definition) is 2. The van der Waals surface area contributed by atoms with Crippen molar-refractivity contribution in [2.75, 3.05) is 0 Å². The van der Waals surface area contributed by atoms with E-state index in [0.717, 1.165) is 37.7 Å². The highest BCUT2D eigenvalue weighted by atomic mass is 16.4. The molecule has 0 spiro atoms. The van der Waals surface area contributed by atoms with Crippen molar-refractivity contribution < 1.29 is 14.7 Å². The molecular formula is C17H21NO3.